The molecule has 1 aromatic carbocycles. The maximum absolute atomic E-state index is 14.4. The number of carbonyl (C=O) groups is 3. The van der Waals surface area contributed by atoms with E-state index in [0.717, 1.165) is 12.8 Å². The van der Waals surface area contributed by atoms with Gasteiger partial charge in [-0.15, -0.1) is 0 Å². The van der Waals surface area contributed by atoms with E-state index in [1.807, 2.05) is 4.90 Å². The van der Waals surface area contributed by atoms with Crippen molar-refractivity contribution in [3.05, 3.63) is 47.5 Å². The van der Waals surface area contributed by atoms with Gasteiger partial charge in [0.2, 0.25) is 5.91 Å². The average Bonchev–Trinajstić information content (AvgIpc) is 3.47. The number of halogens is 1. The van der Waals surface area contributed by atoms with Crippen molar-refractivity contribution in [2.24, 2.45) is 5.92 Å². The van der Waals surface area contributed by atoms with E-state index in [4.69, 9.17) is 9.15 Å². The molecule has 1 saturated carbocycles. The Kier molecular flexibility index (Phi) is 7.11. The van der Waals surface area contributed by atoms with Crippen molar-refractivity contribution in [2.75, 3.05) is 31.6 Å². The van der Waals surface area contributed by atoms with Crippen LogP contribution in [0.25, 0.3) is 0 Å². The Morgan fingerprint density at radius 1 is 1.23 bits per heavy atom. The van der Waals surface area contributed by atoms with E-state index in [-0.39, 0.29) is 29.1 Å². The fraction of sp³-hybridized carbons (Fsp3) is 0.480. The van der Waals surface area contributed by atoms with Crippen molar-refractivity contribution < 1.29 is 33.0 Å². The van der Waals surface area contributed by atoms with Gasteiger partial charge in [-0.25, -0.2) is 4.39 Å². The number of ether oxygens (including phenoxy) is 1. The summed E-state index contributed by atoms with van der Waals surface area (Å²) in [5.74, 6) is -1.46. The summed E-state index contributed by atoms with van der Waals surface area (Å²) in [6.45, 7) is 2.97. The molecule has 35 heavy (non-hydrogen) atoms. The van der Waals surface area contributed by atoms with Crippen molar-refractivity contribution >= 4 is 23.3 Å². The highest BCUT2D eigenvalue weighted by Gasteiger charge is 2.51. The molecule has 2 fully saturated rings. The van der Waals surface area contributed by atoms with Crippen molar-refractivity contribution in [3.63, 3.8) is 0 Å². The van der Waals surface area contributed by atoms with E-state index in [2.05, 4.69) is 10.6 Å². The standard InChI is InChI=1S/C25H30FN3O6/c1-15(30)22(31)21-17(26)4-3-5-18(21)29-12-8-16(9-13-29)14-27-24(33)25(10-11-25)28-23(32)19-6-7-20(34-2)35-19/h3-7,15-16,30H,8-14H2,1-2H3,(H,27,33)(H,28,32). The third-order valence-electron chi connectivity index (χ3n) is 6.67. The number of aliphatic hydroxyl groups is 1. The molecule has 2 aliphatic rings. The van der Waals surface area contributed by atoms with Gasteiger partial charge >= 0.3 is 0 Å². The molecule has 9 nitrogen and oxygen atoms in total. The van der Waals surface area contributed by atoms with Gasteiger partial charge in [-0.05, 0) is 56.7 Å². The van der Waals surface area contributed by atoms with Gasteiger partial charge in [-0.1, -0.05) is 6.07 Å². The number of hydrogen-bond acceptors (Lipinski definition) is 7. The van der Waals surface area contributed by atoms with E-state index in [1.54, 1.807) is 12.1 Å². The lowest BCUT2D eigenvalue weighted by molar-refractivity contribution is -0.124. The Hall–Kier alpha value is -3.40. The van der Waals surface area contributed by atoms with Gasteiger partial charge in [-0.3, -0.25) is 14.4 Å². The summed E-state index contributed by atoms with van der Waals surface area (Å²) in [6, 6.07) is 7.49. The molecule has 1 unspecified atom stereocenters. The molecule has 1 aliphatic carbocycles. The molecule has 0 radical (unpaired) electrons. The van der Waals surface area contributed by atoms with Gasteiger partial charge in [0.05, 0.1) is 18.4 Å². The Bertz CT molecular complexity index is 1100. The molecule has 0 spiro atoms. The lowest BCUT2D eigenvalue weighted by atomic mass is 9.94. The first-order chi connectivity index (χ1) is 16.7. The number of methoxy groups -OCH3 is 1. The molecule has 10 heteroatoms. The number of rotatable bonds is 9. The van der Waals surface area contributed by atoms with Crippen LogP contribution in [0.4, 0.5) is 10.1 Å². The Morgan fingerprint density at radius 3 is 2.54 bits per heavy atom. The molecule has 188 valence electrons. The van der Waals surface area contributed by atoms with Crippen LogP contribution in [0, 0.1) is 11.7 Å². The van der Waals surface area contributed by atoms with Crippen LogP contribution in [0.5, 0.6) is 5.95 Å². The van der Waals surface area contributed by atoms with Gasteiger partial charge < -0.3 is 29.8 Å². The Labute approximate surface area is 202 Å². The van der Waals surface area contributed by atoms with E-state index in [9.17, 15) is 23.9 Å². The van der Waals surface area contributed by atoms with E-state index >= 15 is 0 Å². The molecule has 1 aromatic heterocycles. The molecule has 2 amide bonds. The quantitative estimate of drug-likeness (QED) is 0.464. The largest absolute Gasteiger partial charge is 0.468 e. The fourth-order valence-corrected chi connectivity index (χ4v) is 4.38. The van der Waals surface area contributed by atoms with Gasteiger partial charge in [0, 0.05) is 25.7 Å². The van der Waals surface area contributed by atoms with Crippen molar-refractivity contribution in [3.8, 4) is 5.95 Å². The molecular weight excluding hydrogens is 457 g/mol. The van der Waals surface area contributed by atoms with Gasteiger partial charge in [0.1, 0.15) is 17.5 Å². The lowest BCUT2D eigenvalue weighted by Gasteiger charge is -2.35. The van der Waals surface area contributed by atoms with Crippen LogP contribution in [-0.4, -0.2) is 61.1 Å². The zero-order valence-electron chi connectivity index (χ0n) is 19.8. The number of carbonyl (C=O) groups excluding carboxylic acids is 3. The average molecular weight is 488 g/mol. The van der Waals surface area contributed by atoms with Gasteiger partial charge in [0.25, 0.3) is 11.9 Å². The number of aliphatic hydroxyl groups excluding tert-OH is 1. The summed E-state index contributed by atoms with van der Waals surface area (Å²) < 4.78 is 24.6. The van der Waals surface area contributed by atoms with Gasteiger partial charge in [-0.2, -0.15) is 0 Å². The monoisotopic (exact) mass is 487 g/mol. The van der Waals surface area contributed by atoms with E-state index in [1.165, 1.54) is 32.2 Å². The predicted octanol–water partition coefficient (Wildman–Crippen LogP) is 2.29. The van der Waals surface area contributed by atoms with Crippen molar-refractivity contribution in [1.29, 1.82) is 0 Å². The molecule has 2 aromatic rings. The third kappa shape index (κ3) is 5.32. The summed E-state index contributed by atoms with van der Waals surface area (Å²) in [7, 11) is 1.44. The number of amides is 2. The summed E-state index contributed by atoms with van der Waals surface area (Å²) in [4.78, 5) is 39.5. The highest BCUT2D eigenvalue weighted by atomic mass is 19.1. The Morgan fingerprint density at radius 2 is 1.94 bits per heavy atom. The van der Waals surface area contributed by atoms with Crippen LogP contribution in [-0.2, 0) is 4.79 Å². The number of nitrogens with zero attached hydrogens (tertiary/aromatic N) is 1. The summed E-state index contributed by atoms with van der Waals surface area (Å²) >= 11 is 0. The highest BCUT2D eigenvalue weighted by Crippen LogP contribution is 2.36. The number of furan rings is 1. The number of Topliss-reactive ketones (excluding diaryl/α,β-unsaturated/α-hetero) is 1. The Balaban J connectivity index is 1.29. The first kappa shape index (κ1) is 24.7. The number of piperidine rings is 1. The van der Waals surface area contributed by atoms with Crippen LogP contribution < -0.4 is 20.3 Å². The molecule has 1 atom stereocenters. The minimum absolute atomic E-state index is 0.0825. The first-order valence-electron chi connectivity index (χ1n) is 11.7. The highest BCUT2D eigenvalue weighted by molar-refractivity contribution is 6.04. The second-order valence-electron chi connectivity index (χ2n) is 9.17. The maximum Gasteiger partial charge on any atom is 0.288 e. The summed E-state index contributed by atoms with van der Waals surface area (Å²) in [6.07, 6.45) is 1.31. The molecule has 2 heterocycles. The fourth-order valence-electron chi connectivity index (χ4n) is 4.38. The molecule has 4 rings (SSSR count). The first-order valence-corrected chi connectivity index (χ1v) is 11.7. The zero-order valence-corrected chi connectivity index (χ0v) is 19.8. The second-order valence-corrected chi connectivity index (χ2v) is 9.17. The minimum Gasteiger partial charge on any atom is -0.468 e. The molecule has 1 aliphatic heterocycles. The summed E-state index contributed by atoms with van der Waals surface area (Å²) in [5, 5.41) is 15.4. The van der Waals surface area contributed by atoms with Crippen LogP contribution in [0.3, 0.4) is 0 Å². The number of nitrogens with one attached hydrogen (secondary N) is 2. The maximum atomic E-state index is 14.4. The van der Waals surface area contributed by atoms with E-state index in [0.29, 0.717) is 38.2 Å². The topological polar surface area (TPSA) is 121 Å². The molecule has 3 N–H and O–H groups in total. The van der Waals surface area contributed by atoms with Crippen LogP contribution in [0.2, 0.25) is 0 Å². The number of benzene rings is 1. The number of hydrogen-bond donors (Lipinski definition) is 3. The second kappa shape index (κ2) is 10.1. The SMILES string of the molecule is COc1ccc(C(=O)NC2(C(=O)NCC3CCN(c4cccc(F)c4C(=O)C(C)O)CC3)CC2)o1. The van der Waals surface area contributed by atoms with E-state index < -0.39 is 29.2 Å². The van der Waals surface area contributed by atoms with Crippen LogP contribution in [0.15, 0.2) is 34.7 Å². The molecule has 1 saturated heterocycles. The smallest absolute Gasteiger partial charge is 0.288 e. The van der Waals surface area contributed by atoms with Crippen LogP contribution in [0.1, 0.15) is 53.5 Å². The third-order valence-corrected chi connectivity index (χ3v) is 6.67. The predicted molar refractivity (Wildman–Crippen MR) is 125 cm³/mol. The molecular formula is C25H30FN3O6. The van der Waals surface area contributed by atoms with Crippen molar-refractivity contribution in [1.82, 2.24) is 10.6 Å². The van der Waals surface area contributed by atoms with Crippen LogP contribution >= 0.6 is 0 Å². The number of ketones is 1. The normalized spacial score (nSPS) is 18.0. The zero-order chi connectivity index (χ0) is 25.2. The number of anilines is 1. The molecule has 0 bridgehead atoms. The minimum atomic E-state index is -1.29. The lowest BCUT2D eigenvalue weighted by Crippen LogP contribution is -2.50. The summed E-state index contributed by atoms with van der Waals surface area (Å²) in [5.41, 5.74) is -0.530. The van der Waals surface area contributed by atoms with Crippen molar-refractivity contribution in [2.45, 2.75) is 44.2 Å². The van der Waals surface area contributed by atoms with Gasteiger partial charge in [0.15, 0.2) is 11.5 Å².